The predicted octanol–water partition coefficient (Wildman–Crippen LogP) is 4.39. The van der Waals surface area contributed by atoms with E-state index in [1.165, 1.54) is 11.1 Å². The lowest BCUT2D eigenvalue weighted by molar-refractivity contribution is 1.37. The van der Waals surface area contributed by atoms with Gasteiger partial charge < -0.3 is 11.1 Å². The summed E-state index contributed by atoms with van der Waals surface area (Å²) in [5, 5.41) is 3.37. The second kappa shape index (κ2) is 4.80. The fraction of sp³-hybridized carbons (Fsp3) is 0.143. The molecule has 0 bridgehead atoms. The molecular formula is C14H15BrN2. The zero-order valence-corrected chi connectivity index (χ0v) is 11.5. The number of aryl methyl sites for hydroxylation is 2. The molecule has 0 spiro atoms. The molecule has 0 aliphatic heterocycles. The second-order valence-corrected chi connectivity index (χ2v) is 5.09. The van der Waals surface area contributed by atoms with Crippen LogP contribution in [-0.2, 0) is 0 Å². The SMILES string of the molecule is Cc1ccc(C)c(Nc2cc(Br)ccc2N)c1. The van der Waals surface area contributed by atoms with Crippen molar-refractivity contribution < 1.29 is 0 Å². The van der Waals surface area contributed by atoms with E-state index in [-0.39, 0.29) is 0 Å². The summed E-state index contributed by atoms with van der Waals surface area (Å²) in [5.41, 5.74) is 11.1. The molecule has 3 N–H and O–H groups in total. The summed E-state index contributed by atoms with van der Waals surface area (Å²) >= 11 is 3.45. The van der Waals surface area contributed by atoms with Crippen molar-refractivity contribution in [2.24, 2.45) is 0 Å². The molecule has 0 saturated carbocycles. The van der Waals surface area contributed by atoms with Crippen molar-refractivity contribution in [1.29, 1.82) is 0 Å². The number of hydrogen-bond acceptors (Lipinski definition) is 2. The Labute approximate surface area is 110 Å². The van der Waals surface area contributed by atoms with Crippen LogP contribution in [0.4, 0.5) is 17.1 Å². The zero-order chi connectivity index (χ0) is 12.4. The van der Waals surface area contributed by atoms with E-state index in [0.717, 1.165) is 21.5 Å². The molecule has 2 nitrogen and oxygen atoms in total. The highest BCUT2D eigenvalue weighted by molar-refractivity contribution is 9.10. The maximum absolute atomic E-state index is 5.94. The van der Waals surface area contributed by atoms with Crippen molar-refractivity contribution >= 4 is 33.0 Å². The van der Waals surface area contributed by atoms with Crippen molar-refractivity contribution in [2.45, 2.75) is 13.8 Å². The topological polar surface area (TPSA) is 38.0 Å². The minimum atomic E-state index is 0.745. The zero-order valence-electron chi connectivity index (χ0n) is 9.92. The Hall–Kier alpha value is -1.48. The lowest BCUT2D eigenvalue weighted by Crippen LogP contribution is -1.98. The van der Waals surface area contributed by atoms with Crippen molar-refractivity contribution in [3.8, 4) is 0 Å². The standard InChI is InChI=1S/C14H15BrN2/c1-9-3-4-10(2)13(7-9)17-14-8-11(15)5-6-12(14)16/h3-8,17H,16H2,1-2H3. The molecule has 2 rings (SSSR count). The first-order valence-electron chi connectivity index (χ1n) is 5.45. The number of nitrogens with one attached hydrogen (secondary N) is 1. The van der Waals surface area contributed by atoms with Crippen LogP contribution in [-0.4, -0.2) is 0 Å². The maximum Gasteiger partial charge on any atom is 0.0629 e. The van der Waals surface area contributed by atoms with E-state index in [2.05, 4.69) is 53.3 Å². The Morgan fingerprint density at radius 2 is 1.76 bits per heavy atom. The molecule has 0 fully saturated rings. The first-order valence-corrected chi connectivity index (χ1v) is 6.25. The molecule has 0 saturated heterocycles. The van der Waals surface area contributed by atoms with Crippen LogP contribution in [0.5, 0.6) is 0 Å². The second-order valence-electron chi connectivity index (χ2n) is 4.17. The monoisotopic (exact) mass is 290 g/mol. The van der Waals surface area contributed by atoms with Gasteiger partial charge in [-0.1, -0.05) is 28.1 Å². The van der Waals surface area contributed by atoms with Crippen LogP contribution in [0.3, 0.4) is 0 Å². The van der Waals surface area contributed by atoms with Crippen molar-refractivity contribution in [1.82, 2.24) is 0 Å². The predicted molar refractivity (Wildman–Crippen MR) is 77.8 cm³/mol. The van der Waals surface area contributed by atoms with Gasteiger partial charge in [-0.2, -0.15) is 0 Å². The van der Waals surface area contributed by atoms with Crippen LogP contribution in [0.2, 0.25) is 0 Å². The highest BCUT2D eigenvalue weighted by Gasteiger charge is 2.03. The highest BCUT2D eigenvalue weighted by atomic mass is 79.9. The summed E-state index contributed by atoms with van der Waals surface area (Å²) in [5.74, 6) is 0. The molecule has 0 aromatic heterocycles. The third-order valence-corrected chi connectivity index (χ3v) is 3.17. The summed E-state index contributed by atoms with van der Waals surface area (Å²) in [7, 11) is 0. The van der Waals surface area contributed by atoms with E-state index >= 15 is 0 Å². The molecule has 0 atom stereocenters. The Kier molecular flexibility index (Phi) is 3.38. The van der Waals surface area contributed by atoms with Crippen LogP contribution in [0, 0.1) is 13.8 Å². The van der Waals surface area contributed by atoms with Crippen LogP contribution in [0.1, 0.15) is 11.1 Å². The number of hydrogen-bond donors (Lipinski definition) is 2. The van der Waals surface area contributed by atoms with E-state index in [9.17, 15) is 0 Å². The van der Waals surface area contributed by atoms with E-state index in [4.69, 9.17) is 5.73 Å². The summed E-state index contributed by atoms with van der Waals surface area (Å²) in [6.45, 7) is 4.16. The Morgan fingerprint density at radius 1 is 1.00 bits per heavy atom. The molecule has 0 aliphatic rings. The summed E-state index contributed by atoms with van der Waals surface area (Å²) in [6, 6.07) is 12.1. The molecule has 2 aromatic carbocycles. The van der Waals surface area contributed by atoms with Crippen molar-refractivity contribution in [3.63, 3.8) is 0 Å². The first kappa shape index (κ1) is 12.0. The number of nitrogen functional groups attached to an aromatic ring is 1. The van der Waals surface area contributed by atoms with Gasteiger partial charge in [0.2, 0.25) is 0 Å². The number of halogens is 1. The van der Waals surface area contributed by atoms with Gasteiger partial charge in [0.1, 0.15) is 0 Å². The van der Waals surface area contributed by atoms with Gasteiger partial charge in [-0.15, -0.1) is 0 Å². The van der Waals surface area contributed by atoms with Crippen LogP contribution in [0.15, 0.2) is 40.9 Å². The van der Waals surface area contributed by atoms with Crippen molar-refractivity contribution in [3.05, 3.63) is 52.0 Å². The summed E-state index contributed by atoms with van der Waals surface area (Å²) in [4.78, 5) is 0. The quantitative estimate of drug-likeness (QED) is 0.805. The van der Waals surface area contributed by atoms with Crippen LogP contribution >= 0.6 is 15.9 Å². The van der Waals surface area contributed by atoms with Gasteiger partial charge in [-0.05, 0) is 49.2 Å². The van der Waals surface area contributed by atoms with E-state index < -0.39 is 0 Å². The third kappa shape index (κ3) is 2.80. The molecule has 0 aliphatic carbocycles. The third-order valence-electron chi connectivity index (χ3n) is 2.68. The fourth-order valence-corrected chi connectivity index (χ4v) is 2.01. The molecule has 2 aromatic rings. The largest absolute Gasteiger partial charge is 0.397 e. The molecule has 0 amide bonds. The van der Waals surface area contributed by atoms with Crippen LogP contribution < -0.4 is 11.1 Å². The molecule has 0 radical (unpaired) electrons. The summed E-state index contributed by atoms with van der Waals surface area (Å²) < 4.78 is 1.01. The van der Waals surface area contributed by atoms with Gasteiger partial charge in [0, 0.05) is 10.2 Å². The molecular weight excluding hydrogens is 276 g/mol. The molecule has 0 heterocycles. The smallest absolute Gasteiger partial charge is 0.0629 e. The first-order chi connectivity index (χ1) is 8.06. The average Bonchev–Trinajstić information content (AvgIpc) is 2.28. The number of anilines is 3. The Bertz CT molecular complexity index is 500. The number of rotatable bonds is 2. The van der Waals surface area contributed by atoms with E-state index in [0.29, 0.717) is 0 Å². The van der Waals surface area contributed by atoms with Gasteiger partial charge >= 0.3 is 0 Å². The van der Waals surface area contributed by atoms with Crippen LogP contribution in [0.25, 0.3) is 0 Å². The summed E-state index contributed by atoms with van der Waals surface area (Å²) in [6.07, 6.45) is 0. The van der Waals surface area contributed by atoms with Gasteiger partial charge in [-0.25, -0.2) is 0 Å². The highest BCUT2D eigenvalue weighted by Crippen LogP contribution is 2.28. The normalized spacial score (nSPS) is 10.3. The van der Waals surface area contributed by atoms with Gasteiger partial charge in [0.05, 0.1) is 11.4 Å². The minimum absolute atomic E-state index is 0.745. The van der Waals surface area contributed by atoms with E-state index in [1.54, 1.807) is 0 Å². The number of benzene rings is 2. The fourth-order valence-electron chi connectivity index (χ4n) is 1.65. The van der Waals surface area contributed by atoms with Gasteiger partial charge in [0.25, 0.3) is 0 Å². The Balaban J connectivity index is 2.37. The van der Waals surface area contributed by atoms with Crippen molar-refractivity contribution in [2.75, 3.05) is 11.1 Å². The molecule has 3 heteroatoms. The Morgan fingerprint density at radius 3 is 2.53 bits per heavy atom. The van der Waals surface area contributed by atoms with E-state index in [1.807, 2.05) is 18.2 Å². The molecule has 88 valence electrons. The number of nitrogens with two attached hydrogens (primary N) is 1. The minimum Gasteiger partial charge on any atom is -0.397 e. The lowest BCUT2D eigenvalue weighted by Gasteiger charge is -2.12. The molecule has 17 heavy (non-hydrogen) atoms. The lowest BCUT2D eigenvalue weighted by atomic mass is 10.1. The maximum atomic E-state index is 5.94. The van der Waals surface area contributed by atoms with Gasteiger partial charge in [0.15, 0.2) is 0 Å². The average molecular weight is 291 g/mol. The van der Waals surface area contributed by atoms with Gasteiger partial charge in [-0.3, -0.25) is 0 Å². The molecule has 0 unspecified atom stereocenters.